The van der Waals surface area contributed by atoms with E-state index in [1.165, 1.54) is 179 Å². The maximum Gasteiger partial charge on any atom is 2.00 e. The van der Waals surface area contributed by atoms with Gasteiger partial charge in [-0.05, 0) is 48.9 Å². The molecular weight excluding hydrogens is 753 g/mol. The number of benzene rings is 2. The molecule has 0 aliphatic carbocycles. The molecule has 0 aromatic heterocycles. The largest absolute Gasteiger partial charge is 2.00 e. The molecule has 0 spiro atoms. The molecule has 0 heterocycles. The molecule has 9 heteroatoms. The number of aryl methyl sites for hydroxylation is 2. The van der Waals surface area contributed by atoms with E-state index in [9.17, 15) is 25.9 Å². The SMILES string of the molecule is CCCCCCCCCCCCCCCCCc1ccccc1S(=O)(=O)[O-].CCCCCCCCCCCCCCCCCc1ccccc1S(=O)(=O)[O-].[Ca+2]. The van der Waals surface area contributed by atoms with E-state index in [0.29, 0.717) is 24.0 Å². The van der Waals surface area contributed by atoms with Crippen LogP contribution in [0.15, 0.2) is 58.3 Å². The molecule has 0 radical (unpaired) electrons. The van der Waals surface area contributed by atoms with Crippen molar-refractivity contribution in [1.29, 1.82) is 0 Å². The van der Waals surface area contributed by atoms with Crippen LogP contribution in [0.3, 0.4) is 0 Å². The van der Waals surface area contributed by atoms with Gasteiger partial charge in [-0.1, -0.05) is 230 Å². The second-order valence-electron chi connectivity index (χ2n) is 15.5. The predicted molar refractivity (Wildman–Crippen MR) is 232 cm³/mol. The van der Waals surface area contributed by atoms with Gasteiger partial charge in [-0.2, -0.15) is 0 Å². The fraction of sp³-hybridized carbons (Fsp3) is 0.739. The Morgan fingerprint density at radius 3 is 0.764 bits per heavy atom. The van der Waals surface area contributed by atoms with Crippen molar-refractivity contribution in [2.24, 2.45) is 0 Å². The summed E-state index contributed by atoms with van der Waals surface area (Å²) in [6.07, 6.45) is 40.7. The Bertz CT molecular complexity index is 1270. The van der Waals surface area contributed by atoms with Crippen molar-refractivity contribution in [2.45, 2.75) is 229 Å². The maximum absolute atomic E-state index is 11.3. The molecule has 312 valence electrons. The fourth-order valence-corrected chi connectivity index (χ4v) is 8.75. The third-order valence-corrected chi connectivity index (χ3v) is 12.5. The summed E-state index contributed by atoms with van der Waals surface area (Å²) in [6.45, 7) is 4.53. The van der Waals surface area contributed by atoms with Gasteiger partial charge >= 0.3 is 37.7 Å². The van der Waals surface area contributed by atoms with Crippen molar-refractivity contribution >= 4 is 58.0 Å². The molecule has 0 atom stereocenters. The fourth-order valence-electron chi connectivity index (χ4n) is 7.28. The van der Waals surface area contributed by atoms with Crippen LogP contribution in [-0.2, 0) is 33.1 Å². The minimum Gasteiger partial charge on any atom is -0.744 e. The summed E-state index contributed by atoms with van der Waals surface area (Å²) in [5.41, 5.74) is 1.34. The van der Waals surface area contributed by atoms with Gasteiger partial charge in [-0.15, -0.1) is 0 Å². The molecule has 0 amide bonds. The number of hydrogen-bond acceptors (Lipinski definition) is 6. The number of rotatable bonds is 34. The van der Waals surface area contributed by atoms with Crippen molar-refractivity contribution < 1.29 is 25.9 Å². The molecule has 0 saturated carbocycles. The van der Waals surface area contributed by atoms with Crippen LogP contribution in [0, 0.1) is 0 Å². The zero-order valence-electron chi connectivity index (χ0n) is 35.2. The molecular formula is C46H78CaO6S2. The first-order valence-corrected chi connectivity index (χ1v) is 25.0. The topological polar surface area (TPSA) is 114 Å². The summed E-state index contributed by atoms with van der Waals surface area (Å²) >= 11 is 0. The van der Waals surface area contributed by atoms with Gasteiger partial charge in [0.05, 0.1) is 9.79 Å². The first kappa shape index (κ1) is 54.5. The standard InChI is InChI=1S/2C23H40O3S.Ca/c2*1-2-3-4-5-6-7-8-9-10-11-12-13-14-15-16-19-22-20-17-18-21-23(22)27(24,25)26;/h2*17-18,20-21H,2-16,19H2,1H3,(H,24,25,26);/q;;+2/p-2. The van der Waals surface area contributed by atoms with E-state index in [1.54, 1.807) is 36.4 Å². The summed E-state index contributed by atoms with van der Waals surface area (Å²) in [7, 11) is -8.71. The Morgan fingerprint density at radius 2 is 0.545 bits per heavy atom. The second kappa shape index (κ2) is 36.6. The Hall–Kier alpha value is -0.480. The minimum atomic E-state index is -4.35. The molecule has 0 aliphatic rings. The van der Waals surface area contributed by atoms with Crippen molar-refractivity contribution in [1.82, 2.24) is 0 Å². The molecule has 0 saturated heterocycles. The average Bonchev–Trinajstić information content (AvgIpc) is 3.14. The summed E-state index contributed by atoms with van der Waals surface area (Å²) in [6, 6.07) is 13.2. The third kappa shape index (κ3) is 31.2. The summed E-state index contributed by atoms with van der Waals surface area (Å²) in [4.78, 5) is -0.0919. The second-order valence-corrected chi connectivity index (χ2v) is 18.2. The van der Waals surface area contributed by atoms with Crippen LogP contribution >= 0.6 is 0 Å². The smallest absolute Gasteiger partial charge is 0.744 e. The van der Waals surface area contributed by atoms with Crippen molar-refractivity contribution in [2.75, 3.05) is 0 Å². The Balaban J connectivity index is 0.00000104. The van der Waals surface area contributed by atoms with Gasteiger partial charge in [0.2, 0.25) is 0 Å². The molecule has 0 unspecified atom stereocenters. The van der Waals surface area contributed by atoms with Gasteiger partial charge in [-0.3, -0.25) is 0 Å². The maximum atomic E-state index is 11.3. The predicted octanol–water partition coefficient (Wildman–Crippen LogP) is 13.6. The zero-order valence-corrected chi connectivity index (χ0v) is 39.1. The molecule has 0 aliphatic heterocycles. The molecule has 55 heavy (non-hydrogen) atoms. The van der Waals surface area contributed by atoms with Crippen molar-refractivity contribution in [3.05, 3.63) is 59.7 Å². The first-order chi connectivity index (χ1) is 26.1. The molecule has 2 rings (SSSR count). The summed E-state index contributed by atoms with van der Waals surface area (Å²) < 4.78 is 67.6. The number of hydrogen-bond donors (Lipinski definition) is 0. The van der Waals surface area contributed by atoms with Gasteiger partial charge in [0.15, 0.2) is 0 Å². The van der Waals surface area contributed by atoms with Gasteiger partial charge in [-0.25, -0.2) is 16.8 Å². The average molecular weight is 831 g/mol. The molecule has 2 aromatic carbocycles. The van der Waals surface area contributed by atoms with Crippen molar-refractivity contribution in [3.8, 4) is 0 Å². The van der Waals surface area contributed by atoms with E-state index < -0.39 is 20.2 Å². The Kier molecular flexibility index (Phi) is 36.3. The molecule has 0 bridgehead atoms. The van der Waals surface area contributed by atoms with E-state index in [2.05, 4.69) is 13.8 Å². The minimum absolute atomic E-state index is 0. The molecule has 0 fully saturated rings. The van der Waals surface area contributed by atoms with Crippen LogP contribution in [0.25, 0.3) is 0 Å². The van der Waals surface area contributed by atoms with Gasteiger partial charge < -0.3 is 9.11 Å². The quantitative estimate of drug-likeness (QED) is 0.0394. The van der Waals surface area contributed by atoms with E-state index in [4.69, 9.17) is 0 Å². The van der Waals surface area contributed by atoms with Crippen LogP contribution in [0.2, 0.25) is 0 Å². The van der Waals surface area contributed by atoms with Crippen LogP contribution in [0.1, 0.15) is 218 Å². The molecule has 0 N–H and O–H groups in total. The van der Waals surface area contributed by atoms with Crippen LogP contribution in [0.5, 0.6) is 0 Å². The van der Waals surface area contributed by atoms with E-state index in [0.717, 1.165) is 25.7 Å². The van der Waals surface area contributed by atoms with Gasteiger partial charge in [0, 0.05) is 0 Å². The Labute approximate surface area is 369 Å². The molecule has 2 aromatic rings. The van der Waals surface area contributed by atoms with E-state index in [1.807, 2.05) is 0 Å². The Morgan fingerprint density at radius 1 is 0.345 bits per heavy atom. The number of unbranched alkanes of at least 4 members (excludes halogenated alkanes) is 28. The normalized spacial score (nSPS) is 11.6. The third-order valence-electron chi connectivity index (χ3n) is 10.6. The summed E-state index contributed by atoms with van der Waals surface area (Å²) in [5, 5.41) is 0. The first-order valence-electron chi connectivity index (χ1n) is 22.2. The van der Waals surface area contributed by atoms with Gasteiger partial charge in [0.25, 0.3) is 0 Å². The summed E-state index contributed by atoms with van der Waals surface area (Å²) in [5.74, 6) is 0. The van der Waals surface area contributed by atoms with E-state index in [-0.39, 0.29) is 47.5 Å². The van der Waals surface area contributed by atoms with Crippen molar-refractivity contribution in [3.63, 3.8) is 0 Å². The monoisotopic (exact) mass is 830 g/mol. The van der Waals surface area contributed by atoms with Crippen LogP contribution in [-0.4, -0.2) is 63.7 Å². The van der Waals surface area contributed by atoms with Gasteiger partial charge in [0.1, 0.15) is 20.2 Å². The zero-order chi connectivity index (χ0) is 39.6. The van der Waals surface area contributed by atoms with E-state index >= 15 is 0 Å². The molecule has 6 nitrogen and oxygen atoms in total. The van der Waals surface area contributed by atoms with Crippen LogP contribution < -0.4 is 0 Å². The van der Waals surface area contributed by atoms with Crippen LogP contribution in [0.4, 0.5) is 0 Å².